The van der Waals surface area contributed by atoms with Gasteiger partial charge in [-0.2, -0.15) is 5.10 Å². The maximum absolute atomic E-state index is 12.9. The number of anilines is 2. The lowest BCUT2D eigenvalue weighted by atomic mass is 10.2. The van der Waals surface area contributed by atoms with Gasteiger partial charge in [0.05, 0.1) is 0 Å². The van der Waals surface area contributed by atoms with E-state index in [2.05, 4.69) is 30.8 Å². The van der Waals surface area contributed by atoms with Crippen LogP contribution in [0.25, 0.3) is 0 Å². The van der Waals surface area contributed by atoms with Crippen molar-refractivity contribution in [1.29, 1.82) is 0 Å². The van der Waals surface area contributed by atoms with Gasteiger partial charge in [-0.1, -0.05) is 30.3 Å². The zero-order valence-corrected chi connectivity index (χ0v) is 20.0. The number of carbonyl (C=O) groups is 2. The summed E-state index contributed by atoms with van der Waals surface area (Å²) in [6.07, 6.45) is 0.899. The number of aromatic nitrogens is 4. The monoisotopic (exact) mass is 527 g/mol. The molecule has 0 saturated carbocycles. The second-order valence-corrected chi connectivity index (χ2v) is 8.09. The Morgan fingerprint density at radius 3 is 2.42 bits per heavy atom. The van der Waals surface area contributed by atoms with Gasteiger partial charge >= 0.3 is 12.4 Å². The fourth-order valence-electron chi connectivity index (χ4n) is 3.53. The highest BCUT2D eigenvalue weighted by atomic mass is 19.4. The Kier molecular flexibility index (Phi) is 8.26. The highest BCUT2D eigenvalue weighted by Crippen LogP contribution is 2.24. The number of hydrogen-bond donors (Lipinski definition) is 3. The summed E-state index contributed by atoms with van der Waals surface area (Å²) in [6.45, 7) is 1.38. The van der Waals surface area contributed by atoms with Gasteiger partial charge in [0, 0.05) is 43.9 Å². The molecular formula is C25H24F3N7O3. The predicted molar refractivity (Wildman–Crippen MR) is 133 cm³/mol. The minimum absolute atomic E-state index is 0.108. The summed E-state index contributed by atoms with van der Waals surface area (Å²) in [4.78, 5) is 29.7. The molecule has 38 heavy (non-hydrogen) atoms. The molecule has 13 heteroatoms. The van der Waals surface area contributed by atoms with Gasteiger partial charge in [-0.3, -0.25) is 14.8 Å². The Morgan fingerprint density at radius 1 is 0.974 bits per heavy atom. The Labute approximate surface area is 215 Å². The van der Waals surface area contributed by atoms with Crippen molar-refractivity contribution < 1.29 is 27.5 Å². The van der Waals surface area contributed by atoms with Crippen LogP contribution in [0.5, 0.6) is 5.75 Å². The molecule has 0 spiro atoms. The Balaban J connectivity index is 1.40. The summed E-state index contributed by atoms with van der Waals surface area (Å²) >= 11 is 0. The van der Waals surface area contributed by atoms with Gasteiger partial charge in [-0.15, -0.1) is 13.2 Å². The van der Waals surface area contributed by atoms with Gasteiger partial charge in [-0.25, -0.2) is 9.78 Å². The fraction of sp³-hybridized carbons (Fsp3) is 0.200. The van der Waals surface area contributed by atoms with Crippen LogP contribution in [0.3, 0.4) is 0 Å². The molecule has 2 aromatic heterocycles. The van der Waals surface area contributed by atoms with Crippen LogP contribution in [0.2, 0.25) is 0 Å². The van der Waals surface area contributed by atoms with E-state index in [0.29, 0.717) is 26.1 Å². The molecule has 3 N–H and O–H groups in total. The number of urea groups is 1. The third-order valence-electron chi connectivity index (χ3n) is 5.17. The van der Waals surface area contributed by atoms with E-state index in [1.807, 2.05) is 42.6 Å². The lowest BCUT2D eigenvalue weighted by Crippen LogP contribution is -2.28. The average molecular weight is 528 g/mol. The normalized spacial score (nSPS) is 11.1. The molecule has 10 nitrogen and oxygen atoms in total. The SMILES string of the molecule is O=C(Nc1ccc(OC(F)(F)F)cc1)Nc1cn(Cc2ccccc2)c(C(=O)NCCCn2cccn2)n1. The predicted octanol–water partition coefficient (Wildman–Crippen LogP) is 4.49. The van der Waals surface area contributed by atoms with E-state index in [4.69, 9.17) is 0 Å². The molecule has 0 unspecified atom stereocenters. The molecule has 0 fully saturated rings. The van der Waals surface area contributed by atoms with Crippen LogP contribution < -0.4 is 20.7 Å². The summed E-state index contributed by atoms with van der Waals surface area (Å²) in [5, 5.41) is 12.0. The number of benzene rings is 2. The molecule has 4 aromatic rings. The molecule has 0 bridgehead atoms. The second kappa shape index (κ2) is 12.0. The quantitative estimate of drug-likeness (QED) is 0.263. The lowest BCUT2D eigenvalue weighted by molar-refractivity contribution is -0.274. The van der Waals surface area contributed by atoms with Crippen LogP contribution in [-0.4, -0.2) is 44.2 Å². The summed E-state index contributed by atoms with van der Waals surface area (Å²) in [6, 6.07) is 15.2. The van der Waals surface area contributed by atoms with Gasteiger partial charge in [0.1, 0.15) is 5.75 Å². The van der Waals surface area contributed by atoms with E-state index < -0.39 is 24.1 Å². The molecule has 0 atom stereocenters. The van der Waals surface area contributed by atoms with Crippen LogP contribution in [0, 0.1) is 0 Å². The molecule has 2 heterocycles. The zero-order chi connectivity index (χ0) is 27.0. The molecule has 0 saturated heterocycles. The first kappa shape index (κ1) is 26.3. The standard InChI is InChI=1S/C25H24F3N7O3/c26-25(27,28)38-20-10-8-19(9-11-20)31-24(37)33-21-17-34(16-18-6-2-1-3-7-18)22(32-21)23(36)29-12-4-14-35-15-5-13-30-35/h1-3,5-11,13,15,17H,4,12,14,16H2,(H,29,36)(H2,31,33,37). The van der Waals surface area contributed by atoms with Crippen LogP contribution in [0.15, 0.2) is 79.3 Å². The molecule has 4 rings (SSSR count). The van der Waals surface area contributed by atoms with Crippen LogP contribution in [0.4, 0.5) is 29.5 Å². The number of halogens is 3. The van der Waals surface area contributed by atoms with E-state index in [0.717, 1.165) is 17.7 Å². The van der Waals surface area contributed by atoms with Crippen molar-refractivity contribution in [3.8, 4) is 5.75 Å². The largest absolute Gasteiger partial charge is 0.573 e. The molecule has 0 aliphatic heterocycles. The number of hydrogen-bond acceptors (Lipinski definition) is 5. The third-order valence-corrected chi connectivity index (χ3v) is 5.17. The molecule has 2 aromatic carbocycles. The molecule has 0 aliphatic rings. The number of amides is 3. The lowest BCUT2D eigenvalue weighted by Gasteiger charge is -2.10. The van der Waals surface area contributed by atoms with Crippen molar-refractivity contribution in [2.24, 2.45) is 0 Å². The van der Waals surface area contributed by atoms with Crippen molar-refractivity contribution in [2.45, 2.75) is 25.9 Å². The summed E-state index contributed by atoms with van der Waals surface area (Å²) in [5.41, 5.74) is 1.16. The summed E-state index contributed by atoms with van der Waals surface area (Å²) < 4.78 is 44.2. The van der Waals surface area contributed by atoms with Gasteiger partial charge in [-0.05, 0) is 42.3 Å². The van der Waals surface area contributed by atoms with E-state index in [9.17, 15) is 22.8 Å². The fourth-order valence-corrected chi connectivity index (χ4v) is 3.53. The number of nitrogens with one attached hydrogen (secondary N) is 3. The molecule has 0 radical (unpaired) electrons. The Hall–Kier alpha value is -4.81. The van der Waals surface area contributed by atoms with Crippen molar-refractivity contribution in [3.63, 3.8) is 0 Å². The first-order valence-corrected chi connectivity index (χ1v) is 11.6. The molecule has 198 valence electrons. The van der Waals surface area contributed by atoms with Crippen molar-refractivity contribution >= 4 is 23.4 Å². The highest BCUT2D eigenvalue weighted by molar-refractivity contribution is 5.99. The Morgan fingerprint density at radius 2 is 1.74 bits per heavy atom. The number of nitrogens with zero attached hydrogens (tertiary/aromatic N) is 4. The van der Waals surface area contributed by atoms with E-state index in [1.165, 1.54) is 18.3 Å². The number of imidazole rings is 1. The van der Waals surface area contributed by atoms with Crippen LogP contribution in [0.1, 0.15) is 22.6 Å². The zero-order valence-electron chi connectivity index (χ0n) is 20.0. The molecule has 3 amide bonds. The smallest absolute Gasteiger partial charge is 0.406 e. The maximum atomic E-state index is 12.9. The van der Waals surface area contributed by atoms with Crippen LogP contribution in [-0.2, 0) is 13.1 Å². The number of aryl methyl sites for hydroxylation is 1. The number of ether oxygens (including phenoxy) is 1. The second-order valence-electron chi connectivity index (χ2n) is 8.09. The number of rotatable bonds is 10. The first-order chi connectivity index (χ1) is 18.2. The molecular weight excluding hydrogens is 503 g/mol. The number of alkyl halides is 3. The van der Waals surface area contributed by atoms with E-state index in [1.54, 1.807) is 15.4 Å². The van der Waals surface area contributed by atoms with Crippen molar-refractivity contribution in [2.75, 3.05) is 17.2 Å². The third kappa shape index (κ3) is 7.85. The van der Waals surface area contributed by atoms with Gasteiger partial charge < -0.3 is 19.9 Å². The summed E-state index contributed by atoms with van der Waals surface area (Å²) in [7, 11) is 0. The first-order valence-electron chi connectivity index (χ1n) is 11.6. The highest BCUT2D eigenvalue weighted by Gasteiger charge is 2.31. The van der Waals surface area contributed by atoms with Gasteiger partial charge in [0.2, 0.25) is 5.82 Å². The van der Waals surface area contributed by atoms with E-state index in [-0.39, 0.29) is 17.3 Å². The summed E-state index contributed by atoms with van der Waals surface area (Å²) in [5.74, 6) is -0.590. The van der Waals surface area contributed by atoms with Gasteiger partial charge in [0.25, 0.3) is 5.91 Å². The van der Waals surface area contributed by atoms with Crippen molar-refractivity contribution in [3.05, 3.63) is 90.6 Å². The number of carbonyl (C=O) groups excluding carboxylic acids is 2. The van der Waals surface area contributed by atoms with Crippen molar-refractivity contribution in [1.82, 2.24) is 24.6 Å². The topological polar surface area (TPSA) is 115 Å². The minimum Gasteiger partial charge on any atom is -0.406 e. The minimum atomic E-state index is -4.81. The van der Waals surface area contributed by atoms with E-state index >= 15 is 0 Å². The Bertz CT molecular complexity index is 1340. The molecule has 0 aliphatic carbocycles. The van der Waals surface area contributed by atoms with Gasteiger partial charge in [0.15, 0.2) is 5.82 Å². The van der Waals surface area contributed by atoms with Crippen LogP contribution >= 0.6 is 0 Å². The average Bonchev–Trinajstić information content (AvgIpc) is 3.53. The maximum Gasteiger partial charge on any atom is 0.573 e.